The lowest BCUT2D eigenvalue weighted by Crippen LogP contribution is -2.28. The molecule has 1 atom stereocenters. The van der Waals surface area contributed by atoms with E-state index in [9.17, 15) is 14.4 Å². The quantitative estimate of drug-likeness (QED) is 0.680. The molecular weight excluding hydrogens is 408 g/mol. The molecule has 1 fully saturated rings. The van der Waals surface area contributed by atoms with Gasteiger partial charge in [0.05, 0.1) is 18.7 Å². The molecule has 1 aliphatic heterocycles. The number of halogens is 1. The van der Waals surface area contributed by atoms with Crippen molar-refractivity contribution in [3.8, 4) is 5.75 Å². The van der Waals surface area contributed by atoms with E-state index < -0.39 is 24.4 Å². The Morgan fingerprint density at radius 3 is 2.60 bits per heavy atom. The maximum atomic E-state index is 12.4. The Morgan fingerprint density at radius 1 is 1.20 bits per heavy atom. The monoisotopic (exact) mass is 430 g/mol. The average molecular weight is 431 g/mol. The van der Waals surface area contributed by atoms with Crippen LogP contribution in [-0.2, 0) is 25.5 Å². The number of aryl methyl sites for hydroxylation is 1. The van der Waals surface area contributed by atoms with Crippen LogP contribution in [0.5, 0.6) is 5.75 Å². The molecule has 1 heterocycles. The lowest BCUT2D eigenvalue weighted by atomic mass is 10.1. The molecule has 158 valence electrons. The second-order valence-corrected chi connectivity index (χ2v) is 7.36. The fourth-order valence-corrected chi connectivity index (χ4v) is 3.41. The molecule has 3 rings (SSSR count). The molecule has 2 amide bonds. The number of carbonyl (C=O) groups excluding carboxylic acids is 3. The maximum absolute atomic E-state index is 12.4. The third-order valence-electron chi connectivity index (χ3n) is 4.88. The summed E-state index contributed by atoms with van der Waals surface area (Å²) < 4.78 is 10.4. The molecule has 0 radical (unpaired) electrons. The van der Waals surface area contributed by atoms with Gasteiger partial charge in [-0.25, -0.2) is 0 Å². The summed E-state index contributed by atoms with van der Waals surface area (Å²) in [5.41, 5.74) is 2.29. The SMILES string of the molecule is CCc1ccc(NC(=O)COC(=O)[C@@H]2CC(=O)N(c3cc(Cl)ccc3OC)C2)cc1. The van der Waals surface area contributed by atoms with Gasteiger partial charge in [-0.1, -0.05) is 30.7 Å². The number of methoxy groups -OCH3 is 1. The molecule has 0 aromatic heterocycles. The first-order valence-electron chi connectivity index (χ1n) is 9.60. The van der Waals surface area contributed by atoms with Crippen molar-refractivity contribution in [1.82, 2.24) is 0 Å². The van der Waals surface area contributed by atoms with Crippen molar-refractivity contribution >= 4 is 40.8 Å². The van der Waals surface area contributed by atoms with Gasteiger partial charge < -0.3 is 19.7 Å². The molecule has 0 saturated carbocycles. The molecule has 1 saturated heterocycles. The summed E-state index contributed by atoms with van der Waals surface area (Å²) >= 11 is 6.04. The van der Waals surface area contributed by atoms with Crippen LogP contribution >= 0.6 is 11.6 Å². The normalized spacial score (nSPS) is 15.8. The van der Waals surface area contributed by atoms with E-state index in [4.69, 9.17) is 21.1 Å². The van der Waals surface area contributed by atoms with E-state index in [1.807, 2.05) is 19.1 Å². The summed E-state index contributed by atoms with van der Waals surface area (Å²) in [6.45, 7) is 1.76. The lowest BCUT2D eigenvalue weighted by molar-refractivity contribution is -0.151. The molecule has 1 N–H and O–H groups in total. The Balaban J connectivity index is 1.55. The minimum absolute atomic E-state index is 0.00536. The van der Waals surface area contributed by atoms with Crippen LogP contribution in [0, 0.1) is 5.92 Å². The average Bonchev–Trinajstić information content (AvgIpc) is 3.14. The predicted octanol–water partition coefficient (Wildman–Crippen LogP) is 3.45. The number of nitrogens with zero attached hydrogens (tertiary/aromatic N) is 1. The smallest absolute Gasteiger partial charge is 0.311 e. The summed E-state index contributed by atoms with van der Waals surface area (Å²) in [5, 5.41) is 3.13. The Labute approximate surface area is 179 Å². The van der Waals surface area contributed by atoms with Crippen LogP contribution in [0.3, 0.4) is 0 Å². The topological polar surface area (TPSA) is 84.9 Å². The number of benzene rings is 2. The third kappa shape index (κ3) is 5.10. The van der Waals surface area contributed by atoms with Crippen LogP contribution < -0.4 is 15.0 Å². The van der Waals surface area contributed by atoms with Crippen LogP contribution in [0.25, 0.3) is 0 Å². The Bertz CT molecular complexity index is 945. The number of anilines is 2. The summed E-state index contributed by atoms with van der Waals surface area (Å²) in [5.74, 6) is -1.46. The third-order valence-corrected chi connectivity index (χ3v) is 5.12. The fourth-order valence-electron chi connectivity index (χ4n) is 3.25. The molecule has 0 aliphatic carbocycles. The van der Waals surface area contributed by atoms with Crippen molar-refractivity contribution in [2.75, 3.05) is 30.5 Å². The summed E-state index contributed by atoms with van der Waals surface area (Å²) in [7, 11) is 1.49. The van der Waals surface area contributed by atoms with Gasteiger partial charge in [0.25, 0.3) is 5.91 Å². The molecule has 0 bridgehead atoms. The van der Waals surface area contributed by atoms with Crippen LogP contribution in [0.2, 0.25) is 5.02 Å². The number of hydrogen-bond donors (Lipinski definition) is 1. The first kappa shape index (κ1) is 21.6. The molecule has 8 heteroatoms. The van der Waals surface area contributed by atoms with Crippen molar-refractivity contribution in [2.24, 2.45) is 5.92 Å². The van der Waals surface area contributed by atoms with Gasteiger partial charge in [-0.05, 0) is 42.3 Å². The highest BCUT2D eigenvalue weighted by Gasteiger charge is 2.37. The van der Waals surface area contributed by atoms with Gasteiger partial charge in [0.2, 0.25) is 5.91 Å². The van der Waals surface area contributed by atoms with E-state index >= 15 is 0 Å². The predicted molar refractivity (Wildman–Crippen MR) is 114 cm³/mol. The number of carbonyl (C=O) groups is 3. The second-order valence-electron chi connectivity index (χ2n) is 6.93. The van der Waals surface area contributed by atoms with E-state index in [0.717, 1.165) is 12.0 Å². The Morgan fingerprint density at radius 2 is 1.93 bits per heavy atom. The Kier molecular flexibility index (Phi) is 6.95. The van der Waals surface area contributed by atoms with Gasteiger partial charge in [-0.2, -0.15) is 0 Å². The number of ether oxygens (including phenoxy) is 2. The van der Waals surface area contributed by atoms with E-state index in [0.29, 0.717) is 22.1 Å². The van der Waals surface area contributed by atoms with Crippen molar-refractivity contribution in [1.29, 1.82) is 0 Å². The van der Waals surface area contributed by atoms with Gasteiger partial charge in [0.15, 0.2) is 6.61 Å². The minimum Gasteiger partial charge on any atom is -0.495 e. The van der Waals surface area contributed by atoms with Crippen LogP contribution in [0.4, 0.5) is 11.4 Å². The zero-order valence-corrected chi connectivity index (χ0v) is 17.6. The first-order valence-corrected chi connectivity index (χ1v) is 9.98. The largest absolute Gasteiger partial charge is 0.495 e. The maximum Gasteiger partial charge on any atom is 0.311 e. The molecular formula is C22H23ClN2O5. The van der Waals surface area contributed by atoms with Gasteiger partial charge >= 0.3 is 5.97 Å². The van der Waals surface area contributed by atoms with E-state index in [1.165, 1.54) is 12.0 Å². The van der Waals surface area contributed by atoms with Crippen molar-refractivity contribution in [3.63, 3.8) is 0 Å². The fraction of sp³-hybridized carbons (Fsp3) is 0.318. The first-order chi connectivity index (χ1) is 14.4. The number of nitrogens with one attached hydrogen (secondary N) is 1. The summed E-state index contributed by atoms with van der Waals surface area (Å²) in [6, 6.07) is 12.4. The standard InChI is InChI=1S/C22H23ClN2O5/c1-3-14-4-7-17(8-5-14)24-20(26)13-30-22(28)15-10-21(27)25(12-15)18-11-16(23)6-9-19(18)29-2/h4-9,11,15H,3,10,12-13H2,1-2H3,(H,24,26)/t15-/m1/s1. The molecule has 1 aliphatic rings. The number of hydrogen-bond acceptors (Lipinski definition) is 5. The van der Waals surface area contributed by atoms with Crippen molar-refractivity contribution < 1.29 is 23.9 Å². The zero-order chi connectivity index (χ0) is 21.7. The number of rotatable bonds is 7. The summed E-state index contributed by atoms with van der Waals surface area (Å²) in [4.78, 5) is 38.3. The van der Waals surface area contributed by atoms with Gasteiger partial charge in [0.1, 0.15) is 5.75 Å². The minimum atomic E-state index is -0.669. The molecule has 0 spiro atoms. The second kappa shape index (κ2) is 9.63. The Hall–Kier alpha value is -3.06. The molecule has 30 heavy (non-hydrogen) atoms. The molecule has 2 aromatic rings. The van der Waals surface area contributed by atoms with Gasteiger partial charge in [0, 0.05) is 23.7 Å². The van der Waals surface area contributed by atoms with Crippen LogP contribution in [-0.4, -0.2) is 38.0 Å². The molecule has 0 unspecified atom stereocenters. The number of esters is 1. The molecule has 2 aromatic carbocycles. The summed E-state index contributed by atoms with van der Waals surface area (Å²) in [6.07, 6.45) is 0.901. The van der Waals surface area contributed by atoms with Crippen molar-refractivity contribution in [3.05, 3.63) is 53.1 Å². The lowest BCUT2D eigenvalue weighted by Gasteiger charge is -2.19. The van der Waals surface area contributed by atoms with Gasteiger partial charge in [-0.3, -0.25) is 14.4 Å². The highest BCUT2D eigenvalue weighted by molar-refractivity contribution is 6.31. The zero-order valence-electron chi connectivity index (χ0n) is 16.8. The van der Waals surface area contributed by atoms with Crippen LogP contribution in [0.1, 0.15) is 18.9 Å². The van der Waals surface area contributed by atoms with Crippen LogP contribution in [0.15, 0.2) is 42.5 Å². The molecule has 7 nitrogen and oxygen atoms in total. The van der Waals surface area contributed by atoms with Crippen molar-refractivity contribution in [2.45, 2.75) is 19.8 Å². The van der Waals surface area contributed by atoms with E-state index in [-0.39, 0.29) is 18.9 Å². The highest BCUT2D eigenvalue weighted by Crippen LogP contribution is 2.35. The van der Waals surface area contributed by atoms with E-state index in [2.05, 4.69) is 5.32 Å². The number of amides is 2. The highest BCUT2D eigenvalue weighted by atomic mass is 35.5. The van der Waals surface area contributed by atoms with E-state index in [1.54, 1.807) is 30.3 Å². The van der Waals surface area contributed by atoms with Gasteiger partial charge in [-0.15, -0.1) is 0 Å².